The Labute approximate surface area is 194 Å². The fourth-order valence-electron chi connectivity index (χ4n) is 4.59. The lowest BCUT2D eigenvalue weighted by Crippen LogP contribution is -2.43. The van der Waals surface area contributed by atoms with Crippen LogP contribution in [0.2, 0.25) is 5.02 Å². The van der Waals surface area contributed by atoms with E-state index in [1.807, 2.05) is 31.2 Å². The summed E-state index contributed by atoms with van der Waals surface area (Å²) in [4.78, 5) is 16.1. The fraction of sp³-hybridized carbons (Fsp3) is 0.435. The van der Waals surface area contributed by atoms with Crippen molar-refractivity contribution in [3.63, 3.8) is 0 Å². The Morgan fingerprint density at radius 3 is 2.66 bits per heavy atom. The molecule has 2 heterocycles. The Morgan fingerprint density at radius 1 is 1.22 bits per heavy atom. The van der Waals surface area contributed by atoms with E-state index in [-0.39, 0.29) is 29.4 Å². The topological polar surface area (TPSA) is 79.0 Å². The molecule has 9 heteroatoms. The van der Waals surface area contributed by atoms with Crippen LogP contribution in [0.5, 0.6) is 0 Å². The van der Waals surface area contributed by atoms with Crippen molar-refractivity contribution in [2.45, 2.75) is 37.2 Å². The molecule has 0 radical (unpaired) electrons. The molecule has 0 spiro atoms. The third-order valence-corrected chi connectivity index (χ3v) is 7.76. The van der Waals surface area contributed by atoms with Gasteiger partial charge in [-0.05, 0) is 54.8 Å². The average molecular weight is 478 g/mol. The molecule has 2 aliphatic rings. The highest BCUT2D eigenvalue weighted by Crippen LogP contribution is 2.34. The van der Waals surface area contributed by atoms with Crippen LogP contribution in [0.4, 0.5) is 5.69 Å². The van der Waals surface area contributed by atoms with Crippen LogP contribution in [0.3, 0.4) is 0 Å². The smallest absolute Gasteiger partial charge is 0.240 e. The molecular formula is C23H28ClN3O4S. The third kappa shape index (κ3) is 4.84. The molecule has 172 valence electrons. The quantitative estimate of drug-likeness (QED) is 0.692. The number of sulfonamides is 1. The first-order valence-electron chi connectivity index (χ1n) is 10.8. The summed E-state index contributed by atoms with van der Waals surface area (Å²) in [6, 6.07) is 12.4. The summed E-state index contributed by atoms with van der Waals surface area (Å²) in [6.45, 7) is 6.37. The molecule has 1 amide bonds. The van der Waals surface area contributed by atoms with Gasteiger partial charge in [-0.25, -0.2) is 13.1 Å². The van der Waals surface area contributed by atoms with Crippen molar-refractivity contribution < 1.29 is 17.9 Å². The zero-order valence-electron chi connectivity index (χ0n) is 18.3. The molecule has 4 rings (SSSR count). The lowest BCUT2D eigenvalue weighted by atomic mass is 10.1. The predicted molar refractivity (Wildman–Crippen MR) is 125 cm³/mol. The van der Waals surface area contributed by atoms with Gasteiger partial charge < -0.3 is 9.64 Å². The minimum atomic E-state index is -3.73. The average Bonchev–Trinajstić information content (AvgIpc) is 3.10. The van der Waals surface area contributed by atoms with E-state index in [1.54, 1.807) is 23.1 Å². The van der Waals surface area contributed by atoms with E-state index in [1.165, 1.54) is 6.92 Å². The standard InChI is InChI=1S/C23H28ClN3O4S/c1-16-12-19-14-21(6-7-22(19)27(16)17(2)28)32(29,30)25-15-23(26-8-10-31-11-9-26)18-4-3-5-20(24)13-18/h3-7,13-14,16,23,25H,8-12,15H2,1-2H3/t16-,23-/m0/s1. The molecule has 7 nitrogen and oxygen atoms in total. The van der Waals surface area contributed by atoms with Crippen molar-refractivity contribution in [1.82, 2.24) is 9.62 Å². The fourth-order valence-corrected chi connectivity index (χ4v) is 5.87. The van der Waals surface area contributed by atoms with Gasteiger partial charge in [-0.15, -0.1) is 0 Å². The van der Waals surface area contributed by atoms with Crippen molar-refractivity contribution in [1.29, 1.82) is 0 Å². The SMILES string of the molecule is CC(=O)N1c2ccc(S(=O)(=O)NC[C@@H](c3cccc(Cl)c3)N3CCOCC3)cc2C[C@@H]1C. The van der Waals surface area contributed by atoms with E-state index in [0.29, 0.717) is 24.7 Å². The molecule has 0 bridgehead atoms. The van der Waals surface area contributed by atoms with Crippen molar-refractivity contribution >= 4 is 33.2 Å². The zero-order valence-corrected chi connectivity index (χ0v) is 19.8. The lowest BCUT2D eigenvalue weighted by Gasteiger charge is -2.35. The molecule has 0 saturated carbocycles. The van der Waals surface area contributed by atoms with E-state index >= 15 is 0 Å². The van der Waals surface area contributed by atoms with E-state index in [9.17, 15) is 13.2 Å². The number of amides is 1. The molecule has 2 aromatic rings. The van der Waals surface area contributed by atoms with Gasteiger partial charge >= 0.3 is 0 Å². The highest BCUT2D eigenvalue weighted by atomic mass is 35.5. The number of benzene rings is 2. The maximum absolute atomic E-state index is 13.2. The van der Waals surface area contributed by atoms with E-state index < -0.39 is 10.0 Å². The highest BCUT2D eigenvalue weighted by molar-refractivity contribution is 7.89. The number of anilines is 1. The first kappa shape index (κ1) is 23.2. The van der Waals surface area contributed by atoms with Gasteiger partial charge in [0.25, 0.3) is 0 Å². The summed E-state index contributed by atoms with van der Waals surface area (Å²) in [7, 11) is -3.73. The Bertz CT molecular complexity index is 1100. The number of carbonyl (C=O) groups is 1. The molecule has 0 aromatic heterocycles. The first-order chi connectivity index (χ1) is 15.3. The first-order valence-corrected chi connectivity index (χ1v) is 12.6. The van der Waals surface area contributed by atoms with Crippen LogP contribution in [0, 0.1) is 0 Å². The molecule has 0 unspecified atom stereocenters. The van der Waals surface area contributed by atoms with E-state index in [2.05, 4.69) is 9.62 Å². The van der Waals surface area contributed by atoms with Gasteiger partial charge in [0, 0.05) is 49.4 Å². The number of nitrogens with zero attached hydrogens (tertiary/aromatic N) is 2. The number of fused-ring (bicyclic) bond motifs is 1. The second-order valence-corrected chi connectivity index (χ2v) is 10.5. The second-order valence-electron chi connectivity index (χ2n) is 8.30. The van der Waals surface area contributed by atoms with Crippen LogP contribution in [0.25, 0.3) is 0 Å². The Morgan fingerprint density at radius 2 is 1.97 bits per heavy atom. The van der Waals surface area contributed by atoms with Gasteiger partial charge in [-0.1, -0.05) is 23.7 Å². The van der Waals surface area contributed by atoms with Gasteiger partial charge in [-0.2, -0.15) is 0 Å². The largest absolute Gasteiger partial charge is 0.379 e. The normalized spacial score (nSPS) is 20.2. The number of rotatable bonds is 6. The number of nitrogens with one attached hydrogen (secondary N) is 1. The lowest BCUT2D eigenvalue weighted by molar-refractivity contribution is -0.116. The summed E-state index contributed by atoms with van der Waals surface area (Å²) in [6.07, 6.45) is 0.636. The Kier molecular flexibility index (Phi) is 6.88. The van der Waals surface area contributed by atoms with Crippen LogP contribution in [-0.2, 0) is 26.0 Å². The van der Waals surface area contributed by atoms with Crippen molar-refractivity contribution in [2.75, 3.05) is 37.7 Å². The number of carbonyl (C=O) groups excluding carboxylic acids is 1. The molecule has 1 N–H and O–H groups in total. The molecule has 32 heavy (non-hydrogen) atoms. The van der Waals surface area contributed by atoms with Crippen LogP contribution in [0.15, 0.2) is 47.4 Å². The summed E-state index contributed by atoms with van der Waals surface area (Å²) in [5, 5.41) is 0.617. The molecular weight excluding hydrogens is 450 g/mol. The summed E-state index contributed by atoms with van der Waals surface area (Å²) in [5.41, 5.74) is 2.62. The second kappa shape index (κ2) is 9.49. The number of halogens is 1. The molecule has 1 fully saturated rings. The third-order valence-electron chi connectivity index (χ3n) is 6.10. The maximum atomic E-state index is 13.2. The van der Waals surface area contributed by atoms with Crippen molar-refractivity contribution in [2.24, 2.45) is 0 Å². The van der Waals surface area contributed by atoms with Crippen LogP contribution in [0.1, 0.15) is 31.0 Å². The number of ether oxygens (including phenoxy) is 1. The van der Waals surface area contributed by atoms with Gasteiger partial charge in [0.2, 0.25) is 15.9 Å². The van der Waals surface area contributed by atoms with Crippen LogP contribution < -0.4 is 9.62 Å². The zero-order chi connectivity index (χ0) is 22.9. The minimum Gasteiger partial charge on any atom is -0.379 e. The van der Waals surface area contributed by atoms with Crippen LogP contribution >= 0.6 is 11.6 Å². The summed E-state index contributed by atoms with van der Waals surface area (Å²) < 4.78 is 34.6. The molecule has 1 saturated heterocycles. The van der Waals surface area contributed by atoms with Gasteiger partial charge in [0.1, 0.15) is 0 Å². The number of hydrogen-bond donors (Lipinski definition) is 1. The van der Waals surface area contributed by atoms with Crippen molar-refractivity contribution in [3.8, 4) is 0 Å². The highest BCUT2D eigenvalue weighted by Gasteiger charge is 2.31. The monoisotopic (exact) mass is 477 g/mol. The van der Waals surface area contributed by atoms with E-state index in [0.717, 1.165) is 29.9 Å². The Balaban J connectivity index is 1.55. The van der Waals surface area contributed by atoms with Gasteiger partial charge in [-0.3, -0.25) is 9.69 Å². The summed E-state index contributed by atoms with van der Waals surface area (Å²) in [5.74, 6) is -0.0418. The molecule has 2 aliphatic heterocycles. The van der Waals surface area contributed by atoms with Crippen molar-refractivity contribution in [3.05, 3.63) is 58.6 Å². The Hall–Kier alpha value is -1.97. The summed E-state index contributed by atoms with van der Waals surface area (Å²) >= 11 is 6.20. The maximum Gasteiger partial charge on any atom is 0.240 e. The van der Waals surface area contributed by atoms with Crippen LogP contribution in [-0.4, -0.2) is 58.1 Å². The number of hydrogen-bond acceptors (Lipinski definition) is 5. The minimum absolute atomic E-state index is 0.0157. The molecule has 0 aliphatic carbocycles. The van der Waals surface area contributed by atoms with Gasteiger partial charge in [0.05, 0.1) is 18.1 Å². The van der Waals surface area contributed by atoms with Gasteiger partial charge in [0.15, 0.2) is 0 Å². The molecule has 2 aromatic carbocycles. The van der Waals surface area contributed by atoms with E-state index in [4.69, 9.17) is 16.3 Å². The molecule has 2 atom stereocenters. The number of morpholine rings is 1. The predicted octanol–water partition coefficient (Wildman–Crippen LogP) is 2.99.